The van der Waals surface area contributed by atoms with E-state index in [1.54, 1.807) is 24.3 Å². The average Bonchev–Trinajstić information content (AvgIpc) is 3.39. The molecule has 36 heavy (non-hydrogen) atoms. The topological polar surface area (TPSA) is 228 Å². The Kier molecular flexibility index (Phi) is 6.04. The van der Waals surface area contributed by atoms with Gasteiger partial charge in [0.05, 0.1) is 18.5 Å². The fourth-order valence-corrected chi connectivity index (χ4v) is 4.42. The van der Waals surface area contributed by atoms with Crippen molar-refractivity contribution in [1.82, 2.24) is 24.5 Å². The van der Waals surface area contributed by atoms with Crippen molar-refractivity contribution < 1.29 is 43.4 Å². The van der Waals surface area contributed by atoms with E-state index in [9.17, 15) is 29.6 Å². The van der Waals surface area contributed by atoms with Gasteiger partial charge in [0.1, 0.15) is 35.9 Å². The number of hydrogen-bond donors (Lipinski definition) is 4. The van der Waals surface area contributed by atoms with Crippen molar-refractivity contribution in [2.75, 3.05) is 12.3 Å². The van der Waals surface area contributed by atoms with Crippen LogP contribution >= 0.6 is 7.82 Å². The van der Waals surface area contributed by atoms with E-state index in [1.165, 1.54) is 23.3 Å². The Hall–Kier alpha value is -3.72. The van der Waals surface area contributed by atoms with Crippen LogP contribution in [0.3, 0.4) is 0 Å². The highest BCUT2D eigenvalue weighted by molar-refractivity contribution is 7.46. The summed E-state index contributed by atoms with van der Waals surface area (Å²) in [6.45, 7) is -0.802. The lowest BCUT2D eigenvalue weighted by atomic mass is 10.1. The van der Waals surface area contributed by atoms with E-state index in [2.05, 4.69) is 24.5 Å². The van der Waals surface area contributed by atoms with Crippen molar-refractivity contribution in [1.29, 1.82) is 0 Å². The Balaban J connectivity index is 1.27. The predicted octanol–water partition coefficient (Wildman–Crippen LogP) is -0.377. The molecular weight excluding hydrogens is 499 g/mol. The van der Waals surface area contributed by atoms with Gasteiger partial charge in [-0.2, -0.15) is 0 Å². The largest absolute Gasteiger partial charge is 0.746 e. The molecule has 3 aromatic heterocycles. The number of imidazole rings is 1. The highest BCUT2D eigenvalue weighted by atomic mass is 31.2. The summed E-state index contributed by atoms with van der Waals surface area (Å²) in [4.78, 5) is 40.4. The molecule has 0 spiro atoms. The molecule has 0 radical (unpaired) electrons. The zero-order chi connectivity index (χ0) is 25.6. The van der Waals surface area contributed by atoms with Crippen molar-refractivity contribution in [2.45, 2.75) is 24.5 Å². The van der Waals surface area contributed by atoms with Crippen LogP contribution in [0.4, 0.5) is 5.82 Å². The number of rotatable bonds is 6. The van der Waals surface area contributed by atoms with Crippen molar-refractivity contribution >= 4 is 41.7 Å². The molecular formula is C20H18N6O9P-. The number of aromatic nitrogens is 5. The number of carbonyl (C=O) groups excluding carboxylic acids is 1. The second kappa shape index (κ2) is 9.05. The monoisotopic (exact) mass is 517 g/mol. The Labute approximate surface area is 201 Å². The highest BCUT2D eigenvalue weighted by Crippen LogP contribution is 2.42. The van der Waals surface area contributed by atoms with Gasteiger partial charge in [-0.25, -0.2) is 24.7 Å². The second-order valence-corrected chi connectivity index (χ2v) is 9.13. The summed E-state index contributed by atoms with van der Waals surface area (Å²) in [5.41, 5.74) is 5.89. The number of phosphoric ester groups is 1. The number of aliphatic hydroxyl groups is 2. The van der Waals surface area contributed by atoms with Crippen LogP contribution in [0, 0.1) is 0 Å². The van der Waals surface area contributed by atoms with Gasteiger partial charge in [-0.3, -0.25) is 9.13 Å². The van der Waals surface area contributed by atoms with Crippen LogP contribution in [-0.4, -0.2) is 70.7 Å². The summed E-state index contributed by atoms with van der Waals surface area (Å²) in [5, 5.41) is 31.4. The molecule has 188 valence electrons. The first-order valence-corrected chi connectivity index (χ1v) is 11.8. The van der Waals surface area contributed by atoms with E-state index in [-0.39, 0.29) is 17.0 Å². The Morgan fingerprint density at radius 2 is 2.00 bits per heavy atom. The van der Waals surface area contributed by atoms with Gasteiger partial charge in [-0.15, -0.1) is 0 Å². The van der Waals surface area contributed by atoms with Crippen LogP contribution in [0.25, 0.3) is 22.1 Å². The molecule has 0 saturated carbocycles. The van der Waals surface area contributed by atoms with Crippen molar-refractivity contribution in [3.05, 3.63) is 48.7 Å². The quantitative estimate of drug-likeness (QED) is 0.239. The van der Waals surface area contributed by atoms with E-state index in [0.717, 1.165) is 0 Å². The third-order valence-corrected chi connectivity index (χ3v) is 6.34. The van der Waals surface area contributed by atoms with Gasteiger partial charge in [-0.05, 0) is 12.1 Å². The molecule has 4 heterocycles. The maximum Gasteiger partial charge on any atom is 0.366 e. The summed E-state index contributed by atoms with van der Waals surface area (Å²) < 4.78 is 28.3. The number of ether oxygens (including phenoxy) is 1. The summed E-state index contributed by atoms with van der Waals surface area (Å²) >= 11 is 0. The van der Waals surface area contributed by atoms with Crippen LogP contribution in [0.15, 0.2) is 43.0 Å². The van der Waals surface area contributed by atoms with Crippen LogP contribution in [0.1, 0.15) is 16.7 Å². The number of hydrogen-bond acceptors (Lipinski definition) is 14. The van der Waals surface area contributed by atoms with Crippen LogP contribution in [0.2, 0.25) is 0 Å². The number of phosphoric acid groups is 1. The number of para-hydroxylation sites is 1. The van der Waals surface area contributed by atoms with Crippen LogP contribution in [-0.2, 0) is 18.3 Å². The van der Waals surface area contributed by atoms with Crippen LogP contribution in [0.5, 0.6) is 5.75 Å². The smallest absolute Gasteiger partial charge is 0.366 e. The Bertz CT molecular complexity index is 1510. The third-order valence-electron chi connectivity index (χ3n) is 5.49. The summed E-state index contributed by atoms with van der Waals surface area (Å²) in [6.07, 6.45) is -3.19. The van der Waals surface area contributed by atoms with E-state index < -0.39 is 56.4 Å². The van der Waals surface area contributed by atoms with Gasteiger partial charge >= 0.3 is 13.8 Å². The molecule has 1 aromatic carbocycles. The molecule has 5 N–H and O–H groups in total. The molecule has 1 saturated heterocycles. The zero-order valence-corrected chi connectivity index (χ0v) is 19.0. The summed E-state index contributed by atoms with van der Waals surface area (Å²) in [6, 6.07) is 7.77. The standard InChI is InChI=1S/C20H19N6O9P/c21-17-14-18(23-7-22-17)26(8-24-14)19-16(29)15(28)12(34-19)6-33-36(31,32)35-20(30)13-11(27)5-9-3-1-2-4-10(9)25-13/h1-5,7-8,12,15-16,19,27-29H,6H2,(H,31,32)(H2,21,22,23)/p-1/t12-,15-,16-,19-/m1/s1. The molecule has 15 nitrogen and oxygen atoms in total. The number of nitrogen functional groups attached to an aromatic ring is 1. The molecule has 4 aromatic rings. The number of aliphatic hydroxyl groups excluding tert-OH is 2. The molecule has 1 fully saturated rings. The second-order valence-electron chi connectivity index (χ2n) is 7.80. The lowest BCUT2D eigenvalue weighted by molar-refractivity contribution is -0.222. The highest BCUT2D eigenvalue weighted by Gasteiger charge is 2.45. The molecule has 1 unspecified atom stereocenters. The Morgan fingerprint density at radius 3 is 2.81 bits per heavy atom. The summed E-state index contributed by atoms with van der Waals surface area (Å²) in [7, 11) is -5.30. The molecule has 0 aliphatic carbocycles. The van der Waals surface area contributed by atoms with E-state index in [4.69, 9.17) is 15.0 Å². The van der Waals surface area contributed by atoms with Gasteiger partial charge < -0.3 is 39.7 Å². The van der Waals surface area contributed by atoms with Gasteiger partial charge in [0, 0.05) is 5.39 Å². The average molecular weight is 517 g/mol. The normalized spacial score (nSPS) is 23.6. The number of nitrogens with two attached hydrogens (primary N) is 1. The number of fused-ring (bicyclic) bond motifs is 2. The van der Waals surface area contributed by atoms with Gasteiger partial charge in [0.25, 0.3) is 0 Å². The maximum absolute atomic E-state index is 12.3. The predicted molar refractivity (Wildman–Crippen MR) is 118 cm³/mol. The van der Waals surface area contributed by atoms with E-state index >= 15 is 0 Å². The van der Waals surface area contributed by atoms with Crippen LogP contribution < -0.4 is 10.6 Å². The number of nitrogens with zero attached hydrogens (tertiary/aromatic N) is 5. The van der Waals surface area contributed by atoms with Crippen molar-refractivity contribution in [3.63, 3.8) is 0 Å². The first kappa shape index (κ1) is 24.0. The van der Waals surface area contributed by atoms with Gasteiger partial charge in [-0.1, -0.05) is 18.2 Å². The molecule has 1 aliphatic heterocycles. The Morgan fingerprint density at radius 1 is 1.22 bits per heavy atom. The van der Waals surface area contributed by atoms with Crippen molar-refractivity contribution in [3.8, 4) is 5.75 Å². The fraction of sp³-hybridized carbons (Fsp3) is 0.250. The molecule has 1 aliphatic rings. The van der Waals surface area contributed by atoms with Gasteiger partial charge in [0.2, 0.25) is 0 Å². The third kappa shape index (κ3) is 4.35. The molecule has 5 rings (SSSR count). The number of carbonyl (C=O) groups is 1. The number of anilines is 1. The molecule has 0 bridgehead atoms. The van der Waals surface area contributed by atoms with Crippen molar-refractivity contribution in [2.24, 2.45) is 0 Å². The molecule has 16 heteroatoms. The number of aromatic hydroxyl groups is 1. The molecule has 5 atom stereocenters. The lowest BCUT2D eigenvalue weighted by Gasteiger charge is -2.24. The number of benzene rings is 1. The summed E-state index contributed by atoms with van der Waals surface area (Å²) in [5.74, 6) is -1.96. The van der Waals surface area contributed by atoms with Gasteiger partial charge in [0.15, 0.2) is 23.4 Å². The lowest BCUT2D eigenvalue weighted by Crippen LogP contribution is -2.34. The number of pyridine rings is 1. The minimum Gasteiger partial charge on any atom is -0.746 e. The maximum atomic E-state index is 12.3. The first-order chi connectivity index (χ1) is 17.1. The van der Waals surface area contributed by atoms with E-state index in [0.29, 0.717) is 10.9 Å². The zero-order valence-electron chi connectivity index (χ0n) is 18.1. The van der Waals surface area contributed by atoms with E-state index in [1.807, 2.05) is 0 Å². The molecule has 0 amide bonds. The first-order valence-electron chi connectivity index (χ1n) is 10.4. The minimum atomic E-state index is -5.30. The SMILES string of the molecule is Nc1ncnc2c1ncn2[C@@H]1O[C@H](COP(=O)([O-])OC(=O)c2nc3ccccc3cc2O)[C@@H](O)[C@H]1O. The minimum absolute atomic E-state index is 0.0905. The fourth-order valence-electron chi connectivity index (χ4n) is 3.74.